The maximum atomic E-state index is 5.71. The third-order valence-electron chi connectivity index (χ3n) is 5.49. The first-order valence-corrected chi connectivity index (χ1v) is 11.1. The van der Waals surface area contributed by atoms with Crippen molar-refractivity contribution in [3.8, 4) is 28.5 Å². The Balaban J connectivity index is 1.46. The van der Waals surface area contributed by atoms with Crippen molar-refractivity contribution in [3.63, 3.8) is 0 Å². The zero-order valence-corrected chi connectivity index (χ0v) is 18.3. The zero-order valence-electron chi connectivity index (χ0n) is 18.3. The Morgan fingerprint density at radius 3 is 2.94 bits per heavy atom. The summed E-state index contributed by atoms with van der Waals surface area (Å²) in [6.45, 7) is 5.98. The van der Waals surface area contributed by atoms with Gasteiger partial charge in [-0.1, -0.05) is 6.07 Å². The smallest absolute Gasteiger partial charge is 0.233 e. The monoisotopic (exact) mass is 429 g/mol. The maximum Gasteiger partial charge on any atom is 0.233 e. The zero-order chi connectivity index (χ0) is 21.9. The lowest BCUT2D eigenvalue weighted by atomic mass is 10.1. The van der Waals surface area contributed by atoms with Gasteiger partial charge in [-0.15, -0.1) is 0 Å². The van der Waals surface area contributed by atoms with Crippen molar-refractivity contribution >= 4 is 16.7 Å². The average Bonchev–Trinajstić information content (AvgIpc) is 3.23. The van der Waals surface area contributed by atoms with Crippen molar-refractivity contribution in [2.45, 2.75) is 38.8 Å². The highest BCUT2D eigenvalue weighted by molar-refractivity contribution is 5.96. The van der Waals surface area contributed by atoms with Crippen LogP contribution in [0, 0.1) is 0 Å². The van der Waals surface area contributed by atoms with E-state index < -0.39 is 0 Å². The lowest BCUT2D eigenvalue weighted by molar-refractivity contribution is 0.232. The van der Waals surface area contributed by atoms with Crippen LogP contribution in [-0.2, 0) is 0 Å². The summed E-state index contributed by atoms with van der Waals surface area (Å²) >= 11 is 0. The Kier molecular flexibility index (Phi) is 5.68. The number of benzene rings is 1. The fourth-order valence-electron chi connectivity index (χ4n) is 4.00. The van der Waals surface area contributed by atoms with E-state index in [0.717, 1.165) is 53.1 Å². The number of ether oxygens (including phenoxy) is 1. The van der Waals surface area contributed by atoms with E-state index in [0.29, 0.717) is 17.7 Å². The van der Waals surface area contributed by atoms with E-state index in [1.54, 1.807) is 12.4 Å². The minimum atomic E-state index is 0.0423. The third-order valence-corrected chi connectivity index (χ3v) is 5.49. The maximum absolute atomic E-state index is 5.71. The van der Waals surface area contributed by atoms with Gasteiger partial charge in [-0.2, -0.15) is 0 Å². The molecule has 5 rings (SSSR count). The van der Waals surface area contributed by atoms with Gasteiger partial charge >= 0.3 is 0 Å². The number of hydrogen-bond acceptors (Lipinski definition) is 7. The molecule has 4 aromatic rings. The second-order valence-electron chi connectivity index (χ2n) is 8.32. The van der Waals surface area contributed by atoms with Gasteiger partial charge < -0.3 is 20.4 Å². The molecule has 1 aromatic carbocycles. The molecule has 4 heterocycles. The summed E-state index contributed by atoms with van der Waals surface area (Å²) in [5.41, 5.74) is 3.69. The lowest BCUT2D eigenvalue weighted by Crippen LogP contribution is -2.38. The first kappa shape index (κ1) is 20.4. The molecule has 3 N–H and O–H groups in total. The van der Waals surface area contributed by atoms with E-state index in [2.05, 4.69) is 36.6 Å². The predicted molar refractivity (Wildman–Crippen MR) is 126 cm³/mol. The normalized spacial score (nSPS) is 16.4. The van der Waals surface area contributed by atoms with Crippen LogP contribution in [0.4, 0.5) is 5.82 Å². The summed E-state index contributed by atoms with van der Waals surface area (Å²) in [6, 6.07) is 8.48. The summed E-state index contributed by atoms with van der Waals surface area (Å²) in [5, 5.41) is 8.00. The van der Waals surface area contributed by atoms with Crippen LogP contribution < -0.4 is 15.4 Å². The van der Waals surface area contributed by atoms with Crippen molar-refractivity contribution in [1.82, 2.24) is 30.2 Å². The predicted octanol–water partition coefficient (Wildman–Crippen LogP) is 4.03. The quantitative estimate of drug-likeness (QED) is 0.425. The minimum absolute atomic E-state index is 0.0423. The Labute approximate surface area is 186 Å². The Hall–Kier alpha value is -3.52. The average molecular weight is 430 g/mol. The molecular formula is C24H27N7O. The van der Waals surface area contributed by atoms with Gasteiger partial charge in [0.1, 0.15) is 5.82 Å². The van der Waals surface area contributed by atoms with Crippen LogP contribution in [0.1, 0.15) is 26.7 Å². The van der Waals surface area contributed by atoms with Gasteiger partial charge in [-0.25, -0.2) is 15.0 Å². The van der Waals surface area contributed by atoms with E-state index in [9.17, 15) is 0 Å². The molecule has 1 fully saturated rings. The number of fused-ring (bicyclic) bond motifs is 1. The largest absolute Gasteiger partial charge is 0.474 e. The molecule has 1 saturated heterocycles. The van der Waals surface area contributed by atoms with Crippen LogP contribution in [0.15, 0.2) is 49.1 Å². The van der Waals surface area contributed by atoms with E-state index in [1.165, 1.54) is 6.42 Å². The lowest BCUT2D eigenvalue weighted by Gasteiger charge is -2.24. The van der Waals surface area contributed by atoms with Crippen LogP contribution in [0.25, 0.3) is 33.5 Å². The van der Waals surface area contributed by atoms with Crippen molar-refractivity contribution in [1.29, 1.82) is 0 Å². The molecule has 1 aliphatic heterocycles. The van der Waals surface area contributed by atoms with Crippen LogP contribution in [0.3, 0.4) is 0 Å². The van der Waals surface area contributed by atoms with Gasteiger partial charge in [0.05, 0.1) is 24.2 Å². The van der Waals surface area contributed by atoms with Gasteiger partial charge in [0.15, 0.2) is 5.82 Å². The van der Waals surface area contributed by atoms with Crippen molar-refractivity contribution < 1.29 is 4.74 Å². The number of hydrogen-bond donors (Lipinski definition) is 3. The van der Waals surface area contributed by atoms with Gasteiger partial charge in [-0.3, -0.25) is 4.98 Å². The number of piperidine rings is 1. The van der Waals surface area contributed by atoms with Gasteiger partial charge in [0, 0.05) is 47.0 Å². The summed E-state index contributed by atoms with van der Waals surface area (Å²) in [7, 11) is 0. The Morgan fingerprint density at radius 2 is 2.09 bits per heavy atom. The number of aromatic amines is 1. The molecule has 8 heteroatoms. The molecule has 1 atom stereocenters. The number of aromatic nitrogens is 5. The highest BCUT2D eigenvalue weighted by Crippen LogP contribution is 2.31. The standard InChI is InChI=1S/C24H27N7O/c1-15(2)32-23-14-26-13-21(30-23)16-5-6-20-18(10-16)19(12-28-20)24-27-9-7-22(31-24)29-17-4-3-8-25-11-17/h5-7,9-10,12-15,17,25,28H,3-4,8,11H2,1-2H3,(H,27,29,31)/t17-/m1/s1. The third kappa shape index (κ3) is 4.40. The first-order chi connectivity index (χ1) is 15.7. The Morgan fingerprint density at radius 1 is 1.16 bits per heavy atom. The van der Waals surface area contributed by atoms with Crippen molar-refractivity contribution in [3.05, 3.63) is 49.1 Å². The SMILES string of the molecule is CC(C)Oc1cncc(-c2ccc3[nH]cc(-c4nccc(N[C@@H]5CCCNC5)n4)c3c2)n1. The molecular weight excluding hydrogens is 402 g/mol. The van der Waals surface area contributed by atoms with Crippen LogP contribution >= 0.6 is 0 Å². The van der Waals surface area contributed by atoms with E-state index in [1.807, 2.05) is 44.4 Å². The highest BCUT2D eigenvalue weighted by Gasteiger charge is 2.15. The molecule has 0 saturated carbocycles. The molecule has 0 unspecified atom stereocenters. The van der Waals surface area contributed by atoms with Crippen LogP contribution in [0.5, 0.6) is 5.88 Å². The van der Waals surface area contributed by atoms with Gasteiger partial charge in [-0.05, 0) is 51.4 Å². The fraction of sp³-hybridized carbons (Fsp3) is 0.333. The molecule has 3 aromatic heterocycles. The summed E-state index contributed by atoms with van der Waals surface area (Å²) in [4.78, 5) is 21.6. The molecule has 164 valence electrons. The summed E-state index contributed by atoms with van der Waals surface area (Å²) in [5.74, 6) is 2.05. The number of H-pyrrole nitrogens is 1. The summed E-state index contributed by atoms with van der Waals surface area (Å²) in [6.07, 6.45) is 9.51. The van der Waals surface area contributed by atoms with E-state index in [4.69, 9.17) is 9.72 Å². The first-order valence-electron chi connectivity index (χ1n) is 11.1. The number of nitrogens with zero attached hydrogens (tertiary/aromatic N) is 4. The van der Waals surface area contributed by atoms with Gasteiger partial charge in [0.2, 0.25) is 5.88 Å². The topological polar surface area (TPSA) is 101 Å². The number of nitrogens with one attached hydrogen (secondary N) is 3. The van der Waals surface area contributed by atoms with Crippen LogP contribution in [0.2, 0.25) is 0 Å². The van der Waals surface area contributed by atoms with E-state index in [-0.39, 0.29) is 6.10 Å². The van der Waals surface area contributed by atoms with Crippen LogP contribution in [-0.4, -0.2) is 50.2 Å². The summed E-state index contributed by atoms with van der Waals surface area (Å²) < 4.78 is 5.71. The molecule has 0 aliphatic carbocycles. The molecule has 32 heavy (non-hydrogen) atoms. The Bertz CT molecular complexity index is 1210. The van der Waals surface area contributed by atoms with Crippen molar-refractivity contribution in [2.75, 3.05) is 18.4 Å². The van der Waals surface area contributed by atoms with Crippen molar-refractivity contribution in [2.24, 2.45) is 0 Å². The molecule has 0 spiro atoms. The minimum Gasteiger partial charge on any atom is -0.474 e. The van der Waals surface area contributed by atoms with E-state index >= 15 is 0 Å². The molecule has 1 aliphatic rings. The highest BCUT2D eigenvalue weighted by atomic mass is 16.5. The second-order valence-corrected chi connectivity index (χ2v) is 8.32. The molecule has 8 nitrogen and oxygen atoms in total. The number of rotatable bonds is 6. The number of anilines is 1. The second kappa shape index (κ2) is 8.92. The molecule has 0 radical (unpaired) electrons. The fourth-order valence-corrected chi connectivity index (χ4v) is 4.00. The molecule has 0 amide bonds. The molecule has 0 bridgehead atoms. The van der Waals surface area contributed by atoms with Gasteiger partial charge in [0.25, 0.3) is 0 Å².